The molecule has 0 amide bonds. The molecular weight excluding hydrogens is 223 g/mol. The standard InChI is InChI=1S/C6H14O4S2.Na/c1-6(7)5-11-3-2-4-12(8,9)10;/h6-7H,2-5H2,1H3,(H,8,9,10);/q;+1/p-1. The van der Waals surface area contributed by atoms with Gasteiger partial charge in [0.05, 0.1) is 16.2 Å². The Morgan fingerprint density at radius 3 is 2.46 bits per heavy atom. The van der Waals surface area contributed by atoms with E-state index in [2.05, 4.69) is 0 Å². The maximum absolute atomic E-state index is 10.1. The summed E-state index contributed by atoms with van der Waals surface area (Å²) in [6, 6.07) is 0. The normalized spacial score (nSPS) is 13.5. The first-order valence-corrected chi connectivity index (χ1v) is 6.34. The largest absolute Gasteiger partial charge is 1.00 e. The second kappa shape index (κ2) is 8.52. The second-order valence-corrected chi connectivity index (χ2v) is 5.21. The van der Waals surface area contributed by atoms with Crippen LogP contribution in [0.3, 0.4) is 0 Å². The van der Waals surface area contributed by atoms with E-state index < -0.39 is 10.1 Å². The minimum atomic E-state index is -4.05. The molecule has 0 aromatic rings. The Bertz CT molecular complexity index is 203. The van der Waals surface area contributed by atoms with Crippen molar-refractivity contribution in [3.05, 3.63) is 0 Å². The molecule has 1 N–H and O–H groups in total. The topological polar surface area (TPSA) is 77.4 Å². The van der Waals surface area contributed by atoms with E-state index in [1.807, 2.05) is 0 Å². The SMILES string of the molecule is CC(O)CSCCCS(=O)(=O)[O-].[Na+]. The fourth-order valence-electron chi connectivity index (χ4n) is 0.592. The van der Waals surface area contributed by atoms with Crippen molar-refractivity contribution in [1.29, 1.82) is 0 Å². The summed E-state index contributed by atoms with van der Waals surface area (Å²) in [4.78, 5) is 0. The van der Waals surface area contributed by atoms with Crippen molar-refractivity contribution in [2.75, 3.05) is 17.3 Å². The molecule has 0 heterocycles. The molecule has 0 saturated carbocycles. The second-order valence-electron chi connectivity index (χ2n) is 2.54. The molecule has 0 bridgehead atoms. The Morgan fingerprint density at radius 2 is 2.08 bits per heavy atom. The molecule has 0 aliphatic heterocycles. The van der Waals surface area contributed by atoms with Crippen molar-refractivity contribution in [2.45, 2.75) is 19.4 Å². The Morgan fingerprint density at radius 1 is 1.54 bits per heavy atom. The predicted octanol–water partition coefficient (Wildman–Crippen LogP) is -2.96. The van der Waals surface area contributed by atoms with Crippen molar-refractivity contribution < 1.29 is 47.6 Å². The van der Waals surface area contributed by atoms with Crippen molar-refractivity contribution >= 4 is 21.9 Å². The predicted molar refractivity (Wildman–Crippen MR) is 48.2 cm³/mol. The van der Waals surface area contributed by atoms with Crippen LogP contribution in [0.1, 0.15) is 13.3 Å². The van der Waals surface area contributed by atoms with Crippen molar-refractivity contribution in [2.24, 2.45) is 0 Å². The van der Waals surface area contributed by atoms with Crippen LogP contribution in [0, 0.1) is 0 Å². The minimum absolute atomic E-state index is 0. The maximum atomic E-state index is 10.1. The van der Waals surface area contributed by atoms with E-state index in [1.165, 1.54) is 11.8 Å². The van der Waals surface area contributed by atoms with E-state index in [0.717, 1.165) is 0 Å². The van der Waals surface area contributed by atoms with Crippen LogP contribution in [0.25, 0.3) is 0 Å². The first kappa shape index (κ1) is 16.6. The third-order valence-corrected chi connectivity index (χ3v) is 3.13. The molecule has 0 fully saturated rings. The van der Waals surface area contributed by atoms with Crippen molar-refractivity contribution in [3.63, 3.8) is 0 Å². The molecule has 0 aromatic heterocycles. The summed E-state index contributed by atoms with van der Waals surface area (Å²) in [5.41, 5.74) is 0. The van der Waals surface area contributed by atoms with Gasteiger partial charge < -0.3 is 9.66 Å². The fourth-order valence-corrected chi connectivity index (χ4v) is 2.13. The van der Waals surface area contributed by atoms with Crippen LogP contribution in [0.2, 0.25) is 0 Å². The molecule has 0 aliphatic rings. The van der Waals surface area contributed by atoms with Gasteiger partial charge in [-0.25, -0.2) is 8.42 Å². The van der Waals surface area contributed by atoms with Crippen molar-refractivity contribution in [3.8, 4) is 0 Å². The number of rotatable bonds is 6. The number of hydrogen-bond acceptors (Lipinski definition) is 5. The van der Waals surface area contributed by atoms with Gasteiger partial charge in [-0.2, -0.15) is 11.8 Å². The first-order valence-electron chi connectivity index (χ1n) is 3.61. The fraction of sp³-hybridized carbons (Fsp3) is 1.00. The van der Waals surface area contributed by atoms with Gasteiger partial charge in [-0.1, -0.05) is 0 Å². The van der Waals surface area contributed by atoms with E-state index in [0.29, 0.717) is 17.9 Å². The zero-order valence-corrected chi connectivity index (χ0v) is 11.5. The van der Waals surface area contributed by atoms with Gasteiger partial charge >= 0.3 is 29.6 Å². The summed E-state index contributed by atoms with van der Waals surface area (Å²) in [6.45, 7) is 1.66. The molecule has 0 rings (SSSR count). The summed E-state index contributed by atoms with van der Waals surface area (Å²) in [7, 11) is -4.05. The Kier molecular flexibility index (Phi) is 10.9. The summed E-state index contributed by atoms with van der Waals surface area (Å²) < 4.78 is 30.3. The number of hydrogen-bond donors (Lipinski definition) is 1. The van der Waals surface area contributed by atoms with Crippen LogP contribution in [-0.2, 0) is 10.1 Å². The van der Waals surface area contributed by atoms with E-state index in [4.69, 9.17) is 5.11 Å². The van der Waals surface area contributed by atoms with Crippen LogP contribution in [-0.4, -0.2) is 41.4 Å². The van der Waals surface area contributed by atoms with Gasteiger partial charge in [0.25, 0.3) is 0 Å². The zero-order valence-electron chi connectivity index (χ0n) is 7.89. The molecule has 1 unspecified atom stereocenters. The number of aliphatic hydroxyl groups is 1. The third kappa shape index (κ3) is 15.9. The number of thioether (sulfide) groups is 1. The summed E-state index contributed by atoms with van der Waals surface area (Å²) >= 11 is 1.45. The van der Waals surface area contributed by atoms with E-state index in [9.17, 15) is 13.0 Å². The van der Waals surface area contributed by atoms with Crippen LogP contribution in [0.15, 0.2) is 0 Å². The molecule has 0 aromatic carbocycles. The van der Waals surface area contributed by atoms with Crippen LogP contribution in [0.4, 0.5) is 0 Å². The van der Waals surface area contributed by atoms with Gasteiger partial charge in [0.1, 0.15) is 0 Å². The maximum Gasteiger partial charge on any atom is 1.00 e. The zero-order chi connectivity index (χ0) is 9.61. The van der Waals surface area contributed by atoms with E-state index in [-0.39, 0.29) is 41.4 Å². The van der Waals surface area contributed by atoms with Gasteiger partial charge in [-0.15, -0.1) is 0 Å². The third-order valence-electron chi connectivity index (χ3n) is 1.04. The molecule has 0 aliphatic carbocycles. The molecule has 74 valence electrons. The van der Waals surface area contributed by atoms with E-state index >= 15 is 0 Å². The van der Waals surface area contributed by atoms with Gasteiger partial charge in [-0.05, 0) is 19.1 Å². The van der Waals surface area contributed by atoms with Gasteiger partial charge in [0.15, 0.2) is 0 Å². The molecule has 13 heavy (non-hydrogen) atoms. The summed E-state index contributed by atoms with van der Waals surface area (Å²) in [6.07, 6.45) is -0.0118. The molecule has 0 radical (unpaired) electrons. The molecule has 7 heteroatoms. The smallest absolute Gasteiger partial charge is 0.748 e. The first-order chi connectivity index (χ1) is 5.42. The Hall–Kier alpha value is 1.22. The Balaban J connectivity index is 0. The molecule has 1 atom stereocenters. The van der Waals surface area contributed by atoms with Gasteiger partial charge in [0.2, 0.25) is 0 Å². The van der Waals surface area contributed by atoms with Crippen molar-refractivity contribution in [1.82, 2.24) is 0 Å². The minimum Gasteiger partial charge on any atom is -0.748 e. The number of aliphatic hydroxyl groups excluding tert-OH is 1. The van der Waals surface area contributed by atoms with Crippen LogP contribution < -0.4 is 29.6 Å². The van der Waals surface area contributed by atoms with Gasteiger partial charge in [0, 0.05) is 11.5 Å². The summed E-state index contributed by atoms with van der Waals surface area (Å²) in [5, 5.41) is 8.81. The summed E-state index contributed by atoms with van der Waals surface area (Å²) in [5.74, 6) is 0.880. The van der Waals surface area contributed by atoms with E-state index in [1.54, 1.807) is 6.92 Å². The molecule has 4 nitrogen and oxygen atoms in total. The van der Waals surface area contributed by atoms with Crippen LogP contribution in [0.5, 0.6) is 0 Å². The molecular formula is C6H13NaO4S2. The average molecular weight is 236 g/mol. The Labute approximate surface area is 106 Å². The van der Waals surface area contributed by atoms with Crippen LogP contribution >= 0.6 is 11.8 Å². The molecule has 0 spiro atoms. The monoisotopic (exact) mass is 236 g/mol. The van der Waals surface area contributed by atoms with Gasteiger partial charge in [-0.3, -0.25) is 0 Å². The quantitative estimate of drug-likeness (QED) is 0.303. The average Bonchev–Trinajstić information content (AvgIpc) is 1.83. The molecule has 0 saturated heterocycles.